The standard InChI is InChI=1S/C24H20B.2C5H5.2CO.V/c1-5-13-21(14-6-1)25(22-15-7-2-8-16-22,23-17-9-3-10-18-23)24-19-11-4-12-20-24;2*1-2-4-5-3-1;2*1-2;/h1-20H;2*1-5H;;;/q3*-1;;;. The van der Waals surface area contributed by atoms with E-state index >= 15 is 0 Å². The average molecular weight is 556 g/mol. The molecule has 0 aromatic heterocycles. The number of benzene rings is 4. The molecule has 4 heteroatoms. The molecule has 6 rings (SSSR count). The maximum Gasteiger partial charge on any atom is 0.108 e. The van der Waals surface area contributed by atoms with Crippen molar-refractivity contribution in [1.29, 1.82) is 0 Å². The third kappa shape index (κ3) is 8.72. The van der Waals surface area contributed by atoms with Crippen LogP contribution in [0.1, 0.15) is 0 Å². The SMILES string of the molecule is O=[C]=[V]=[C]=O.c1cc[cH-]c1.c1cc[cH-]c1.c1ccc([B-](c2ccccc2)(c2ccccc2)c2ccccc2)cc1. The van der Waals surface area contributed by atoms with Gasteiger partial charge in [0, 0.05) is 0 Å². The Kier molecular flexibility index (Phi) is 13.3. The molecule has 0 atom stereocenters. The topological polar surface area (TPSA) is 34.1 Å². The Morgan fingerprint density at radius 3 is 0.800 bits per heavy atom. The zero-order valence-corrected chi connectivity index (χ0v) is 23.6. The molecule has 0 saturated carbocycles. The molecule has 0 fully saturated rings. The van der Waals surface area contributed by atoms with Gasteiger partial charge < -0.3 is 0 Å². The van der Waals surface area contributed by atoms with Crippen LogP contribution in [-0.4, -0.2) is 15.3 Å². The van der Waals surface area contributed by atoms with Crippen molar-refractivity contribution in [3.05, 3.63) is 182 Å². The molecule has 2 nitrogen and oxygen atoms in total. The summed E-state index contributed by atoms with van der Waals surface area (Å²) < 4.78 is 2.88. The van der Waals surface area contributed by atoms with E-state index in [1.807, 2.05) is 60.7 Å². The van der Waals surface area contributed by atoms with Gasteiger partial charge in [-0.15, -0.1) is 0 Å². The van der Waals surface area contributed by atoms with E-state index in [-0.39, 0.29) is 0 Å². The molecule has 0 N–H and O–H groups in total. The molecule has 0 saturated heterocycles. The Hall–Kier alpha value is -4.61. The molecule has 0 aliphatic carbocycles. The summed E-state index contributed by atoms with van der Waals surface area (Å²) in [5.41, 5.74) is 5.36. The first-order valence-corrected chi connectivity index (χ1v) is 14.4. The molecule has 0 unspecified atom stereocenters. The Morgan fingerprint density at radius 1 is 0.400 bits per heavy atom. The maximum atomic E-state index is 9.06. The second kappa shape index (κ2) is 17.8. The summed E-state index contributed by atoms with van der Waals surface area (Å²) in [4.78, 5) is 18.1. The van der Waals surface area contributed by atoms with Crippen molar-refractivity contribution in [1.82, 2.24) is 0 Å². The normalized spacial score (nSPS) is 9.40. The number of carbonyl (C=O) groups excluding carboxylic acids is 2. The minimum absolute atomic E-state index is 0.868. The second-order valence-corrected chi connectivity index (χ2v) is 9.65. The van der Waals surface area contributed by atoms with Gasteiger partial charge in [-0.1, -0.05) is 121 Å². The van der Waals surface area contributed by atoms with Crippen LogP contribution in [0.15, 0.2) is 182 Å². The number of hydrogen-bond donors (Lipinski definition) is 0. The van der Waals surface area contributed by atoms with Crippen LogP contribution < -0.4 is 21.9 Å². The van der Waals surface area contributed by atoms with Crippen LogP contribution >= 0.6 is 0 Å². The van der Waals surface area contributed by atoms with E-state index in [0.717, 1.165) is 0 Å². The third-order valence-electron chi connectivity index (χ3n) is 6.40. The van der Waals surface area contributed by atoms with Gasteiger partial charge in [0.1, 0.15) is 6.15 Å². The van der Waals surface area contributed by atoms with Crippen LogP contribution in [0, 0.1) is 0 Å². The molecule has 0 amide bonds. The van der Waals surface area contributed by atoms with Crippen LogP contribution in [0.2, 0.25) is 0 Å². The summed E-state index contributed by atoms with van der Waals surface area (Å²) in [5.74, 6) is 0. The van der Waals surface area contributed by atoms with Gasteiger partial charge in [-0.05, 0) is 0 Å². The van der Waals surface area contributed by atoms with E-state index in [1.165, 1.54) is 31.0 Å². The van der Waals surface area contributed by atoms with Crippen molar-refractivity contribution >= 4 is 37.2 Å². The van der Waals surface area contributed by atoms with Crippen LogP contribution in [0.5, 0.6) is 0 Å². The second-order valence-electron chi connectivity index (χ2n) is 8.73. The fraction of sp³-hybridized carbons (Fsp3) is 0. The minimum atomic E-state index is -1.22. The first kappa shape index (κ1) is 29.9. The van der Waals surface area contributed by atoms with Crippen molar-refractivity contribution in [2.75, 3.05) is 0 Å². The van der Waals surface area contributed by atoms with Crippen molar-refractivity contribution in [2.24, 2.45) is 0 Å². The average Bonchev–Trinajstić information content (AvgIpc) is 3.81. The van der Waals surface area contributed by atoms with Crippen molar-refractivity contribution in [2.45, 2.75) is 0 Å². The molecular weight excluding hydrogens is 526 g/mol. The summed E-state index contributed by atoms with van der Waals surface area (Å²) in [7, 11) is 0. The summed E-state index contributed by atoms with van der Waals surface area (Å²) in [5, 5.41) is 0. The van der Waals surface area contributed by atoms with Crippen LogP contribution in [0.25, 0.3) is 0 Å². The van der Waals surface area contributed by atoms with Gasteiger partial charge in [-0.3, -0.25) is 0 Å². The fourth-order valence-electron chi connectivity index (χ4n) is 4.78. The largest absolute Gasteiger partial charge is 0.214 e. The van der Waals surface area contributed by atoms with Crippen LogP contribution in [0.3, 0.4) is 0 Å². The molecule has 0 aliphatic rings. The van der Waals surface area contributed by atoms with Crippen molar-refractivity contribution < 1.29 is 25.0 Å². The summed E-state index contributed by atoms with van der Waals surface area (Å²) >= 11 is -0.868. The van der Waals surface area contributed by atoms with Crippen LogP contribution in [-0.2, 0) is 25.0 Å². The van der Waals surface area contributed by atoms with Crippen LogP contribution in [0.4, 0.5) is 0 Å². The smallest absolute Gasteiger partial charge is 0.108 e. The zero-order valence-electron chi connectivity index (χ0n) is 22.2. The van der Waals surface area contributed by atoms with Crippen molar-refractivity contribution in [3.63, 3.8) is 0 Å². The Balaban J connectivity index is 0.000000238. The number of hydrogen-bond acceptors (Lipinski definition) is 2. The summed E-state index contributed by atoms with van der Waals surface area (Å²) in [6.45, 7) is 0. The van der Waals surface area contributed by atoms with E-state index in [4.69, 9.17) is 9.59 Å². The van der Waals surface area contributed by atoms with Gasteiger partial charge in [0.2, 0.25) is 0 Å². The van der Waals surface area contributed by atoms with Gasteiger partial charge in [0.05, 0.1) is 0 Å². The molecule has 6 aromatic carbocycles. The molecular formula is C36H30BO2V-3. The van der Waals surface area contributed by atoms with E-state index in [9.17, 15) is 0 Å². The van der Waals surface area contributed by atoms with Gasteiger partial charge in [0.15, 0.2) is 0 Å². The number of rotatable bonds is 4. The Labute approximate surface area is 243 Å². The molecule has 0 radical (unpaired) electrons. The fourth-order valence-corrected chi connectivity index (χ4v) is 4.84. The Morgan fingerprint density at radius 2 is 0.650 bits per heavy atom. The molecule has 0 aliphatic heterocycles. The van der Waals surface area contributed by atoms with Gasteiger partial charge in [0.25, 0.3) is 0 Å². The van der Waals surface area contributed by atoms with E-state index in [1.54, 1.807) is 0 Å². The molecule has 0 spiro atoms. The molecule has 6 aromatic rings. The Bertz CT molecular complexity index is 1310. The monoisotopic (exact) mass is 556 g/mol. The molecule has 40 heavy (non-hydrogen) atoms. The van der Waals surface area contributed by atoms with Gasteiger partial charge in [-0.2, -0.15) is 58.2 Å². The first-order chi connectivity index (χ1) is 19.8. The predicted molar refractivity (Wildman–Crippen MR) is 166 cm³/mol. The van der Waals surface area contributed by atoms with Gasteiger partial charge in [-0.25, -0.2) is 24.3 Å². The van der Waals surface area contributed by atoms with E-state index in [2.05, 4.69) is 121 Å². The molecule has 0 bridgehead atoms. The molecule has 0 heterocycles. The first-order valence-electron chi connectivity index (χ1n) is 13.0. The predicted octanol–water partition coefficient (Wildman–Crippen LogP) is 5.08. The van der Waals surface area contributed by atoms with Gasteiger partial charge >= 0.3 is 34.2 Å². The van der Waals surface area contributed by atoms with E-state index < -0.39 is 21.5 Å². The van der Waals surface area contributed by atoms with Crippen molar-refractivity contribution in [3.8, 4) is 0 Å². The maximum absolute atomic E-state index is 9.06. The quantitative estimate of drug-likeness (QED) is 0.224. The molecule has 197 valence electrons. The summed E-state index contributed by atoms with van der Waals surface area (Å²) in [6, 6.07) is 63.5. The zero-order chi connectivity index (χ0) is 28.1. The third-order valence-corrected chi connectivity index (χ3v) is 6.69. The van der Waals surface area contributed by atoms with E-state index in [0.29, 0.717) is 0 Å². The minimum Gasteiger partial charge on any atom is -0.214 e. The summed E-state index contributed by atoms with van der Waals surface area (Å²) in [6.07, 6.45) is -1.22.